The zero-order valence-electron chi connectivity index (χ0n) is 18.0. The number of benzene rings is 2. The van der Waals surface area contributed by atoms with Crippen LogP contribution in [0, 0.1) is 0 Å². The molecule has 0 spiro atoms. The molecule has 2 unspecified atom stereocenters. The standard InChI is InChI=1S/C24H33ClN2O2S/c1-3-15-30(28,29)27(2)14-6-7-18-10-11-19-12-13-24(26)22(21(19)16-18)17-20-8-4-5-9-23(20)25/h4-5,8-11,16,22,24H,3,6-7,12-15,17,26H2,1-2H3. The summed E-state index contributed by atoms with van der Waals surface area (Å²) in [6.45, 7) is 2.43. The second-order valence-corrected chi connectivity index (χ2v) is 11.0. The van der Waals surface area contributed by atoms with Crippen molar-refractivity contribution >= 4 is 21.6 Å². The molecule has 2 aromatic carbocycles. The molecule has 0 amide bonds. The predicted molar refractivity (Wildman–Crippen MR) is 126 cm³/mol. The molecule has 6 heteroatoms. The Hall–Kier alpha value is -1.40. The van der Waals surface area contributed by atoms with E-state index >= 15 is 0 Å². The first-order chi connectivity index (χ1) is 14.3. The van der Waals surface area contributed by atoms with Crippen LogP contribution in [0.1, 0.15) is 54.4 Å². The van der Waals surface area contributed by atoms with Crippen LogP contribution in [0.5, 0.6) is 0 Å². The van der Waals surface area contributed by atoms with Crippen molar-refractivity contribution in [3.63, 3.8) is 0 Å². The monoisotopic (exact) mass is 448 g/mol. The lowest BCUT2D eigenvalue weighted by atomic mass is 9.76. The molecule has 0 saturated carbocycles. The highest BCUT2D eigenvalue weighted by Gasteiger charge is 2.28. The van der Waals surface area contributed by atoms with E-state index in [1.54, 1.807) is 7.05 Å². The van der Waals surface area contributed by atoms with Crippen LogP contribution in [-0.2, 0) is 29.3 Å². The first kappa shape index (κ1) is 23.3. The van der Waals surface area contributed by atoms with Crippen molar-refractivity contribution in [2.45, 2.75) is 57.4 Å². The summed E-state index contributed by atoms with van der Waals surface area (Å²) >= 11 is 6.41. The van der Waals surface area contributed by atoms with Gasteiger partial charge in [0.2, 0.25) is 10.0 Å². The van der Waals surface area contributed by atoms with Gasteiger partial charge < -0.3 is 5.73 Å². The van der Waals surface area contributed by atoms with Crippen LogP contribution in [0.15, 0.2) is 42.5 Å². The maximum absolute atomic E-state index is 12.1. The molecule has 0 bridgehead atoms. The summed E-state index contributed by atoms with van der Waals surface area (Å²) in [5.74, 6) is 0.463. The van der Waals surface area contributed by atoms with Gasteiger partial charge in [-0.05, 0) is 66.8 Å². The highest BCUT2D eigenvalue weighted by Crippen LogP contribution is 2.35. The molecular weight excluding hydrogens is 416 g/mol. The summed E-state index contributed by atoms with van der Waals surface area (Å²) in [5.41, 5.74) is 11.6. The third-order valence-corrected chi connectivity index (χ3v) is 8.57. The molecule has 164 valence electrons. The van der Waals surface area contributed by atoms with E-state index in [1.807, 2.05) is 25.1 Å². The summed E-state index contributed by atoms with van der Waals surface area (Å²) in [7, 11) is -1.45. The molecule has 2 N–H and O–H groups in total. The van der Waals surface area contributed by atoms with Crippen molar-refractivity contribution in [3.05, 3.63) is 69.7 Å². The normalized spacial score (nSPS) is 19.1. The number of rotatable bonds is 9. The average molecular weight is 449 g/mol. The smallest absolute Gasteiger partial charge is 0.213 e. The van der Waals surface area contributed by atoms with E-state index in [4.69, 9.17) is 17.3 Å². The van der Waals surface area contributed by atoms with Crippen LogP contribution in [0.25, 0.3) is 0 Å². The van der Waals surface area contributed by atoms with Gasteiger partial charge in [0.15, 0.2) is 0 Å². The number of hydrogen-bond acceptors (Lipinski definition) is 3. The Balaban J connectivity index is 1.71. The molecule has 1 aliphatic carbocycles. The molecule has 0 heterocycles. The largest absolute Gasteiger partial charge is 0.327 e. The molecule has 2 aromatic rings. The summed E-state index contributed by atoms with van der Waals surface area (Å²) < 4.78 is 25.8. The van der Waals surface area contributed by atoms with Crippen LogP contribution in [0.3, 0.4) is 0 Å². The zero-order valence-corrected chi connectivity index (χ0v) is 19.6. The van der Waals surface area contributed by atoms with Crippen molar-refractivity contribution in [1.29, 1.82) is 0 Å². The summed E-state index contributed by atoms with van der Waals surface area (Å²) in [4.78, 5) is 0. The Morgan fingerprint density at radius 1 is 1.20 bits per heavy atom. The third kappa shape index (κ3) is 5.64. The predicted octanol–water partition coefficient (Wildman–Crippen LogP) is 4.54. The molecular formula is C24H33ClN2O2S. The van der Waals surface area contributed by atoms with Crippen molar-refractivity contribution in [2.24, 2.45) is 5.73 Å². The minimum absolute atomic E-state index is 0.120. The number of halogens is 1. The summed E-state index contributed by atoms with van der Waals surface area (Å²) in [6, 6.07) is 14.8. The Morgan fingerprint density at radius 3 is 2.70 bits per heavy atom. The second-order valence-electron chi connectivity index (χ2n) is 8.38. The van der Waals surface area contributed by atoms with E-state index in [1.165, 1.54) is 21.0 Å². The fraction of sp³-hybridized carbons (Fsp3) is 0.500. The Bertz CT molecular complexity index is 961. The lowest BCUT2D eigenvalue weighted by molar-refractivity contribution is 0.459. The summed E-state index contributed by atoms with van der Waals surface area (Å²) in [6.07, 6.45) is 5.14. The second kappa shape index (κ2) is 10.3. The SMILES string of the molecule is CCCS(=O)(=O)N(C)CCCc1ccc2c(c1)C(Cc1ccccc1Cl)C(N)CC2. The fourth-order valence-corrected chi connectivity index (χ4v) is 5.80. The maximum atomic E-state index is 12.1. The van der Waals surface area contributed by atoms with Gasteiger partial charge in [0.25, 0.3) is 0 Å². The van der Waals surface area contributed by atoms with Crippen molar-refractivity contribution in [2.75, 3.05) is 19.3 Å². The van der Waals surface area contributed by atoms with Gasteiger partial charge in [-0.3, -0.25) is 0 Å². The summed E-state index contributed by atoms with van der Waals surface area (Å²) in [5, 5.41) is 0.796. The highest BCUT2D eigenvalue weighted by atomic mass is 35.5. The molecule has 30 heavy (non-hydrogen) atoms. The van der Waals surface area contributed by atoms with E-state index in [0.717, 1.165) is 42.7 Å². The Labute approximate surface area is 186 Å². The minimum Gasteiger partial charge on any atom is -0.327 e. The molecule has 0 fully saturated rings. The first-order valence-electron chi connectivity index (χ1n) is 10.9. The zero-order chi connectivity index (χ0) is 21.7. The quantitative estimate of drug-likeness (QED) is 0.612. The van der Waals surface area contributed by atoms with E-state index < -0.39 is 10.0 Å². The number of hydrogen-bond donors (Lipinski definition) is 1. The first-order valence-corrected chi connectivity index (χ1v) is 12.8. The average Bonchev–Trinajstić information content (AvgIpc) is 2.71. The lowest BCUT2D eigenvalue weighted by Crippen LogP contribution is -2.34. The molecule has 0 saturated heterocycles. The van der Waals surface area contributed by atoms with Crippen molar-refractivity contribution in [3.8, 4) is 0 Å². The van der Waals surface area contributed by atoms with Crippen LogP contribution < -0.4 is 5.73 Å². The topological polar surface area (TPSA) is 63.4 Å². The van der Waals surface area contributed by atoms with Crippen LogP contribution in [0.2, 0.25) is 5.02 Å². The fourth-order valence-electron chi connectivity index (χ4n) is 4.35. The Morgan fingerprint density at radius 2 is 1.97 bits per heavy atom. The van der Waals surface area contributed by atoms with E-state index in [-0.39, 0.29) is 17.7 Å². The number of nitrogens with two attached hydrogens (primary N) is 1. The van der Waals surface area contributed by atoms with Gasteiger partial charge in [-0.15, -0.1) is 0 Å². The molecule has 0 aromatic heterocycles. The van der Waals surface area contributed by atoms with Gasteiger partial charge in [0.05, 0.1) is 5.75 Å². The third-order valence-electron chi connectivity index (χ3n) is 6.15. The molecule has 0 aliphatic heterocycles. The van der Waals surface area contributed by atoms with Crippen LogP contribution >= 0.6 is 11.6 Å². The maximum Gasteiger partial charge on any atom is 0.213 e. The van der Waals surface area contributed by atoms with Crippen LogP contribution in [-0.4, -0.2) is 38.1 Å². The number of sulfonamides is 1. The molecule has 4 nitrogen and oxygen atoms in total. The molecule has 1 aliphatic rings. The van der Waals surface area contributed by atoms with Crippen LogP contribution in [0.4, 0.5) is 0 Å². The van der Waals surface area contributed by atoms with Gasteiger partial charge in [0.1, 0.15) is 0 Å². The Kier molecular flexibility index (Phi) is 7.97. The number of nitrogens with zero attached hydrogens (tertiary/aromatic N) is 1. The lowest BCUT2D eigenvalue weighted by Gasteiger charge is -2.32. The van der Waals surface area contributed by atoms with Gasteiger partial charge in [-0.25, -0.2) is 12.7 Å². The molecule has 2 atom stereocenters. The van der Waals surface area contributed by atoms with E-state index in [0.29, 0.717) is 13.0 Å². The molecule has 3 rings (SSSR count). The van der Waals surface area contributed by atoms with Gasteiger partial charge in [0, 0.05) is 30.6 Å². The van der Waals surface area contributed by atoms with Crippen molar-refractivity contribution < 1.29 is 8.42 Å². The highest BCUT2D eigenvalue weighted by molar-refractivity contribution is 7.89. The number of fused-ring (bicyclic) bond motifs is 1. The van der Waals surface area contributed by atoms with Gasteiger partial charge in [-0.1, -0.05) is 54.9 Å². The van der Waals surface area contributed by atoms with E-state index in [9.17, 15) is 8.42 Å². The van der Waals surface area contributed by atoms with Crippen molar-refractivity contribution in [1.82, 2.24) is 4.31 Å². The number of aryl methyl sites for hydroxylation is 2. The van der Waals surface area contributed by atoms with Gasteiger partial charge in [-0.2, -0.15) is 0 Å². The minimum atomic E-state index is -3.13. The molecule has 0 radical (unpaired) electrons. The van der Waals surface area contributed by atoms with E-state index in [2.05, 4.69) is 24.3 Å². The van der Waals surface area contributed by atoms with Gasteiger partial charge >= 0.3 is 0 Å².